The molecule has 0 bridgehead atoms. The van der Waals surface area contributed by atoms with Gasteiger partial charge in [0.15, 0.2) is 0 Å². The zero-order valence-corrected chi connectivity index (χ0v) is 13.3. The van der Waals surface area contributed by atoms with Crippen LogP contribution in [-0.4, -0.2) is 45.2 Å². The predicted octanol–water partition coefficient (Wildman–Crippen LogP) is 2.38. The third kappa shape index (κ3) is 4.44. The summed E-state index contributed by atoms with van der Waals surface area (Å²) in [5.41, 5.74) is 1.47. The lowest BCUT2D eigenvalue weighted by Gasteiger charge is -2.09. The quantitative estimate of drug-likeness (QED) is 0.628. The monoisotopic (exact) mass is 302 g/mol. The first-order valence-electron chi connectivity index (χ1n) is 7.23. The molecule has 2 aromatic rings. The fraction of sp³-hybridized carbons (Fsp3) is 0.353. The number of rotatable bonds is 7. The molecule has 0 aliphatic carbocycles. The molecule has 1 heterocycles. The zero-order chi connectivity index (χ0) is 15.9. The molecule has 5 nitrogen and oxygen atoms in total. The van der Waals surface area contributed by atoms with Crippen molar-refractivity contribution < 1.29 is 13.9 Å². The fourth-order valence-corrected chi connectivity index (χ4v) is 2.03. The molecule has 0 spiro atoms. The van der Waals surface area contributed by atoms with E-state index in [0.717, 1.165) is 30.2 Å². The number of benzene rings is 1. The standard InChI is InChI=1S/C17H22N2O3/c1-19(2)11-10-18-12-15-8-9-16(22-15)13-4-6-14(7-5-13)17(20)21-3/h4-9,18H,10-12H2,1-3H3. The van der Waals surface area contributed by atoms with E-state index in [0.29, 0.717) is 12.1 Å². The predicted molar refractivity (Wildman–Crippen MR) is 85.7 cm³/mol. The molecule has 0 saturated heterocycles. The number of hydrogen-bond acceptors (Lipinski definition) is 5. The average molecular weight is 302 g/mol. The molecule has 0 aliphatic rings. The van der Waals surface area contributed by atoms with Gasteiger partial charge in [0.05, 0.1) is 19.2 Å². The molecular formula is C17H22N2O3. The van der Waals surface area contributed by atoms with Crippen LogP contribution in [0.15, 0.2) is 40.8 Å². The first-order chi connectivity index (χ1) is 10.6. The van der Waals surface area contributed by atoms with Crippen LogP contribution in [0.3, 0.4) is 0 Å². The number of nitrogens with zero attached hydrogens (tertiary/aromatic N) is 1. The third-order valence-corrected chi connectivity index (χ3v) is 3.29. The van der Waals surface area contributed by atoms with Crippen LogP contribution in [0.2, 0.25) is 0 Å². The molecule has 0 fully saturated rings. The third-order valence-electron chi connectivity index (χ3n) is 3.29. The molecule has 0 radical (unpaired) electrons. The van der Waals surface area contributed by atoms with Gasteiger partial charge in [0.1, 0.15) is 11.5 Å². The normalized spacial score (nSPS) is 10.9. The summed E-state index contributed by atoms with van der Waals surface area (Å²) in [6.07, 6.45) is 0. The molecule has 1 N–H and O–H groups in total. The van der Waals surface area contributed by atoms with E-state index in [9.17, 15) is 4.79 Å². The highest BCUT2D eigenvalue weighted by Crippen LogP contribution is 2.22. The van der Waals surface area contributed by atoms with Gasteiger partial charge in [-0.1, -0.05) is 12.1 Å². The molecule has 0 unspecified atom stereocenters. The molecular weight excluding hydrogens is 280 g/mol. The Bertz CT molecular complexity index is 603. The number of esters is 1. The van der Waals surface area contributed by atoms with Crippen molar-refractivity contribution in [2.75, 3.05) is 34.3 Å². The van der Waals surface area contributed by atoms with Gasteiger partial charge in [0.25, 0.3) is 0 Å². The van der Waals surface area contributed by atoms with E-state index < -0.39 is 0 Å². The maximum atomic E-state index is 11.4. The van der Waals surface area contributed by atoms with Crippen LogP contribution in [0.25, 0.3) is 11.3 Å². The minimum Gasteiger partial charge on any atom is -0.465 e. The van der Waals surface area contributed by atoms with Gasteiger partial charge in [-0.2, -0.15) is 0 Å². The lowest BCUT2D eigenvalue weighted by atomic mass is 10.1. The maximum absolute atomic E-state index is 11.4. The molecule has 0 aliphatic heterocycles. The number of carbonyl (C=O) groups is 1. The Morgan fingerprint density at radius 3 is 2.55 bits per heavy atom. The summed E-state index contributed by atoms with van der Waals surface area (Å²) in [7, 11) is 5.47. The fourth-order valence-electron chi connectivity index (χ4n) is 2.03. The zero-order valence-electron chi connectivity index (χ0n) is 13.3. The van der Waals surface area contributed by atoms with E-state index in [4.69, 9.17) is 4.42 Å². The van der Waals surface area contributed by atoms with Crippen LogP contribution in [0, 0.1) is 0 Å². The molecule has 2 rings (SSSR count). The molecule has 0 atom stereocenters. The van der Waals surface area contributed by atoms with Crippen molar-refractivity contribution in [3.63, 3.8) is 0 Å². The summed E-state index contributed by atoms with van der Waals surface area (Å²) in [5, 5.41) is 3.33. The van der Waals surface area contributed by atoms with E-state index >= 15 is 0 Å². The molecule has 118 valence electrons. The SMILES string of the molecule is COC(=O)c1ccc(-c2ccc(CNCCN(C)C)o2)cc1. The number of methoxy groups -OCH3 is 1. The van der Waals surface area contributed by atoms with Gasteiger partial charge in [-0.25, -0.2) is 4.79 Å². The first-order valence-corrected chi connectivity index (χ1v) is 7.23. The summed E-state index contributed by atoms with van der Waals surface area (Å²) in [6.45, 7) is 2.60. The Morgan fingerprint density at radius 2 is 1.91 bits per heavy atom. The number of ether oxygens (including phenoxy) is 1. The van der Waals surface area contributed by atoms with Crippen molar-refractivity contribution in [1.82, 2.24) is 10.2 Å². The van der Waals surface area contributed by atoms with Gasteiger partial charge in [0, 0.05) is 18.7 Å². The smallest absolute Gasteiger partial charge is 0.337 e. The van der Waals surface area contributed by atoms with E-state index in [1.165, 1.54) is 7.11 Å². The second-order valence-corrected chi connectivity index (χ2v) is 5.31. The summed E-state index contributed by atoms with van der Waals surface area (Å²) in [4.78, 5) is 13.5. The summed E-state index contributed by atoms with van der Waals surface area (Å²) < 4.78 is 10.5. The molecule has 5 heteroatoms. The Balaban J connectivity index is 1.94. The average Bonchev–Trinajstić information content (AvgIpc) is 2.99. The second-order valence-electron chi connectivity index (χ2n) is 5.31. The molecule has 22 heavy (non-hydrogen) atoms. The van der Waals surface area contributed by atoms with Gasteiger partial charge in [-0.3, -0.25) is 0 Å². The van der Waals surface area contributed by atoms with Crippen molar-refractivity contribution in [1.29, 1.82) is 0 Å². The molecule has 0 amide bonds. The number of likely N-dealkylation sites (N-methyl/N-ethyl adjacent to an activating group) is 1. The maximum Gasteiger partial charge on any atom is 0.337 e. The van der Waals surface area contributed by atoms with Gasteiger partial charge >= 0.3 is 5.97 Å². The number of carbonyl (C=O) groups excluding carboxylic acids is 1. The Morgan fingerprint density at radius 1 is 1.18 bits per heavy atom. The van der Waals surface area contributed by atoms with E-state index in [-0.39, 0.29) is 5.97 Å². The highest BCUT2D eigenvalue weighted by molar-refractivity contribution is 5.89. The summed E-state index contributed by atoms with van der Waals surface area (Å²) in [5.74, 6) is 1.35. The molecule has 1 aromatic heterocycles. The van der Waals surface area contributed by atoms with Gasteiger partial charge in [-0.15, -0.1) is 0 Å². The van der Waals surface area contributed by atoms with Crippen molar-refractivity contribution in [3.05, 3.63) is 47.7 Å². The Kier molecular flexibility index (Phi) is 5.75. The lowest BCUT2D eigenvalue weighted by molar-refractivity contribution is 0.0601. The van der Waals surface area contributed by atoms with Gasteiger partial charge in [0.2, 0.25) is 0 Å². The highest BCUT2D eigenvalue weighted by Gasteiger charge is 2.08. The number of nitrogens with one attached hydrogen (secondary N) is 1. The van der Waals surface area contributed by atoms with Gasteiger partial charge in [-0.05, 0) is 38.4 Å². The minimum absolute atomic E-state index is 0.336. The van der Waals surface area contributed by atoms with Crippen molar-refractivity contribution >= 4 is 5.97 Å². The largest absolute Gasteiger partial charge is 0.465 e. The summed E-state index contributed by atoms with van der Waals surface area (Å²) in [6, 6.07) is 11.1. The van der Waals surface area contributed by atoms with Crippen LogP contribution < -0.4 is 5.32 Å². The second kappa shape index (κ2) is 7.77. The molecule has 0 saturated carbocycles. The van der Waals surface area contributed by atoms with Crippen molar-refractivity contribution in [2.45, 2.75) is 6.54 Å². The minimum atomic E-state index is -0.336. The van der Waals surface area contributed by atoms with Crippen LogP contribution in [0.5, 0.6) is 0 Å². The summed E-state index contributed by atoms with van der Waals surface area (Å²) >= 11 is 0. The number of hydrogen-bond donors (Lipinski definition) is 1. The van der Waals surface area contributed by atoms with Crippen LogP contribution in [0.4, 0.5) is 0 Å². The lowest BCUT2D eigenvalue weighted by Crippen LogP contribution is -2.25. The van der Waals surface area contributed by atoms with E-state index in [1.54, 1.807) is 12.1 Å². The highest BCUT2D eigenvalue weighted by atomic mass is 16.5. The van der Waals surface area contributed by atoms with Gasteiger partial charge < -0.3 is 19.4 Å². The molecule has 1 aromatic carbocycles. The number of furan rings is 1. The topological polar surface area (TPSA) is 54.7 Å². The Hall–Kier alpha value is -2.11. The van der Waals surface area contributed by atoms with Crippen molar-refractivity contribution in [3.8, 4) is 11.3 Å². The van der Waals surface area contributed by atoms with Crippen LogP contribution >= 0.6 is 0 Å². The van der Waals surface area contributed by atoms with Crippen molar-refractivity contribution in [2.24, 2.45) is 0 Å². The van der Waals surface area contributed by atoms with Crippen LogP contribution in [0.1, 0.15) is 16.1 Å². The van der Waals surface area contributed by atoms with E-state index in [2.05, 4.69) is 15.0 Å². The van der Waals surface area contributed by atoms with Crippen LogP contribution in [-0.2, 0) is 11.3 Å². The Labute approximate surface area is 130 Å². The first kappa shape index (κ1) is 16.3. The van der Waals surface area contributed by atoms with E-state index in [1.807, 2.05) is 38.4 Å².